The van der Waals surface area contributed by atoms with Crippen LogP contribution in [0.1, 0.15) is 18.9 Å². The maximum Gasteiger partial charge on any atom is 0.203 e. The van der Waals surface area contributed by atoms with E-state index in [4.69, 9.17) is 14.2 Å². The topological polar surface area (TPSA) is 61.8 Å². The molecule has 0 aliphatic rings. The van der Waals surface area contributed by atoms with E-state index in [2.05, 4.69) is 0 Å². The first-order valence-electron chi connectivity index (χ1n) is 5.81. The van der Waals surface area contributed by atoms with Gasteiger partial charge < -0.3 is 14.2 Å². The highest BCUT2D eigenvalue weighted by Crippen LogP contribution is 2.38. The lowest BCUT2D eigenvalue weighted by atomic mass is 10.0. The van der Waals surface area contributed by atoms with E-state index in [-0.39, 0.29) is 24.4 Å². The maximum absolute atomic E-state index is 11.6. The number of hydrogen-bond donors (Lipinski definition) is 0. The second-order valence-electron chi connectivity index (χ2n) is 4.13. The summed E-state index contributed by atoms with van der Waals surface area (Å²) in [4.78, 5) is 22.5. The van der Waals surface area contributed by atoms with E-state index in [1.165, 1.54) is 28.3 Å². The van der Waals surface area contributed by atoms with Crippen LogP contribution < -0.4 is 14.2 Å². The predicted octanol–water partition coefficient (Wildman–Crippen LogP) is 1.80. The second kappa shape index (κ2) is 6.78. The van der Waals surface area contributed by atoms with Gasteiger partial charge in [-0.15, -0.1) is 0 Å². The van der Waals surface area contributed by atoms with Crippen molar-refractivity contribution in [3.8, 4) is 17.2 Å². The van der Waals surface area contributed by atoms with Crippen LogP contribution in [-0.4, -0.2) is 32.9 Å². The minimum atomic E-state index is -0.141. The lowest BCUT2D eigenvalue weighted by Gasteiger charge is -2.13. The number of methoxy groups -OCH3 is 3. The molecule has 0 aliphatic heterocycles. The van der Waals surface area contributed by atoms with E-state index in [0.717, 1.165) is 5.56 Å². The fraction of sp³-hybridized carbons (Fsp3) is 0.429. The third-order valence-electron chi connectivity index (χ3n) is 2.57. The molecule has 19 heavy (non-hydrogen) atoms. The summed E-state index contributed by atoms with van der Waals surface area (Å²) in [5, 5.41) is 0. The van der Waals surface area contributed by atoms with Crippen LogP contribution in [0.15, 0.2) is 12.1 Å². The van der Waals surface area contributed by atoms with Crippen molar-refractivity contribution in [3.05, 3.63) is 17.7 Å². The summed E-state index contributed by atoms with van der Waals surface area (Å²) in [6.45, 7) is 1.40. The molecule has 0 saturated heterocycles. The number of hydrogen-bond acceptors (Lipinski definition) is 5. The summed E-state index contributed by atoms with van der Waals surface area (Å²) < 4.78 is 15.6. The van der Waals surface area contributed by atoms with Crippen molar-refractivity contribution in [2.24, 2.45) is 0 Å². The van der Waals surface area contributed by atoms with Gasteiger partial charge in [0.25, 0.3) is 0 Å². The van der Waals surface area contributed by atoms with Gasteiger partial charge in [-0.05, 0) is 24.6 Å². The highest BCUT2D eigenvalue weighted by Gasteiger charge is 2.15. The van der Waals surface area contributed by atoms with Crippen LogP contribution in [-0.2, 0) is 16.0 Å². The molecular formula is C14H18O5. The molecule has 0 atom stereocenters. The molecule has 0 saturated carbocycles. The van der Waals surface area contributed by atoms with Crippen molar-refractivity contribution in [1.29, 1.82) is 0 Å². The molecule has 0 N–H and O–H groups in total. The molecule has 0 aliphatic carbocycles. The SMILES string of the molecule is COc1cc(CC(=O)CC(C)=O)cc(OC)c1OC. The minimum Gasteiger partial charge on any atom is -0.493 e. The Labute approximate surface area is 112 Å². The van der Waals surface area contributed by atoms with Gasteiger partial charge >= 0.3 is 0 Å². The Morgan fingerprint density at radius 3 is 1.89 bits per heavy atom. The Bertz CT molecular complexity index is 454. The van der Waals surface area contributed by atoms with Crippen LogP contribution in [0.5, 0.6) is 17.2 Å². The summed E-state index contributed by atoms with van der Waals surface area (Å²) in [5.74, 6) is 1.19. The normalized spacial score (nSPS) is 9.89. The quantitative estimate of drug-likeness (QED) is 0.704. The number of carbonyl (C=O) groups is 2. The Hall–Kier alpha value is -2.04. The highest BCUT2D eigenvalue weighted by molar-refractivity contribution is 5.98. The first-order valence-corrected chi connectivity index (χ1v) is 5.81. The van der Waals surface area contributed by atoms with E-state index >= 15 is 0 Å². The van der Waals surface area contributed by atoms with Gasteiger partial charge in [0.05, 0.1) is 27.8 Å². The molecule has 0 bridgehead atoms. The molecule has 104 valence electrons. The lowest BCUT2D eigenvalue weighted by Crippen LogP contribution is -2.08. The van der Waals surface area contributed by atoms with Crippen LogP contribution in [0.3, 0.4) is 0 Å². The monoisotopic (exact) mass is 266 g/mol. The zero-order chi connectivity index (χ0) is 14.4. The van der Waals surface area contributed by atoms with Crippen LogP contribution in [0, 0.1) is 0 Å². The number of carbonyl (C=O) groups excluding carboxylic acids is 2. The first-order chi connectivity index (χ1) is 9.01. The molecule has 0 unspecified atom stereocenters. The van der Waals surface area contributed by atoms with Gasteiger partial charge in [-0.1, -0.05) is 0 Å². The standard InChI is InChI=1S/C14H18O5/c1-9(15)5-11(16)6-10-7-12(17-2)14(19-4)13(8-10)18-3/h7-8H,5-6H2,1-4H3. The van der Waals surface area contributed by atoms with Gasteiger partial charge in [0.15, 0.2) is 11.5 Å². The predicted molar refractivity (Wildman–Crippen MR) is 70.1 cm³/mol. The molecule has 0 spiro atoms. The van der Waals surface area contributed by atoms with Crippen LogP contribution >= 0.6 is 0 Å². The molecule has 1 aromatic rings. The summed E-state index contributed by atoms with van der Waals surface area (Å²) in [6, 6.07) is 3.42. The highest BCUT2D eigenvalue weighted by atomic mass is 16.5. The molecule has 0 amide bonds. The van der Waals surface area contributed by atoms with E-state index in [1.807, 2.05) is 0 Å². The van der Waals surface area contributed by atoms with Gasteiger partial charge in [0.2, 0.25) is 5.75 Å². The first kappa shape index (κ1) is 15.0. The molecule has 5 heteroatoms. The van der Waals surface area contributed by atoms with Gasteiger partial charge in [-0.3, -0.25) is 9.59 Å². The Balaban J connectivity index is 3.02. The Morgan fingerprint density at radius 2 is 1.53 bits per heavy atom. The molecule has 1 aromatic carbocycles. The average Bonchev–Trinajstić information content (AvgIpc) is 2.36. The largest absolute Gasteiger partial charge is 0.493 e. The minimum absolute atomic E-state index is 0.0589. The molecule has 0 fully saturated rings. The molecule has 1 rings (SSSR count). The van der Waals surface area contributed by atoms with E-state index in [9.17, 15) is 9.59 Å². The van der Waals surface area contributed by atoms with Crippen LogP contribution in [0.4, 0.5) is 0 Å². The number of ketones is 2. The smallest absolute Gasteiger partial charge is 0.203 e. The molecule has 0 aromatic heterocycles. The third-order valence-corrected chi connectivity index (χ3v) is 2.57. The van der Waals surface area contributed by atoms with Crippen molar-refractivity contribution < 1.29 is 23.8 Å². The lowest BCUT2D eigenvalue weighted by molar-refractivity contribution is -0.125. The fourth-order valence-electron chi connectivity index (χ4n) is 1.81. The molecule has 0 heterocycles. The Kier molecular flexibility index (Phi) is 5.36. The number of rotatable bonds is 7. The third kappa shape index (κ3) is 3.98. The molecule has 5 nitrogen and oxygen atoms in total. The summed E-state index contributed by atoms with van der Waals surface area (Å²) in [5.41, 5.74) is 0.723. The molecular weight excluding hydrogens is 248 g/mol. The molecule has 0 radical (unpaired) electrons. The van der Waals surface area contributed by atoms with Gasteiger partial charge in [-0.25, -0.2) is 0 Å². The van der Waals surface area contributed by atoms with Crippen molar-refractivity contribution >= 4 is 11.6 Å². The van der Waals surface area contributed by atoms with Gasteiger partial charge in [-0.2, -0.15) is 0 Å². The zero-order valence-electron chi connectivity index (χ0n) is 11.6. The number of ether oxygens (including phenoxy) is 3. The van der Waals surface area contributed by atoms with Crippen molar-refractivity contribution in [2.75, 3.05) is 21.3 Å². The fourth-order valence-corrected chi connectivity index (χ4v) is 1.81. The number of benzene rings is 1. The Morgan fingerprint density at radius 1 is 1.00 bits per heavy atom. The van der Waals surface area contributed by atoms with Gasteiger partial charge in [0.1, 0.15) is 11.6 Å². The van der Waals surface area contributed by atoms with E-state index < -0.39 is 0 Å². The van der Waals surface area contributed by atoms with Gasteiger partial charge in [0, 0.05) is 6.42 Å². The average molecular weight is 266 g/mol. The summed E-state index contributed by atoms with van der Waals surface area (Å²) in [7, 11) is 4.54. The second-order valence-corrected chi connectivity index (χ2v) is 4.13. The summed E-state index contributed by atoms with van der Waals surface area (Å²) >= 11 is 0. The maximum atomic E-state index is 11.6. The van der Waals surface area contributed by atoms with E-state index in [0.29, 0.717) is 17.2 Å². The van der Waals surface area contributed by atoms with Crippen molar-refractivity contribution in [1.82, 2.24) is 0 Å². The van der Waals surface area contributed by atoms with Crippen molar-refractivity contribution in [3.63, 3.8) is 0 Å². The van der Waals surface area contributed by atoms with Crippen LogP contribution in [0.2, 0.25) is 0 Å². The van der Waals surface area contributed by atoms with E-state index in [1.54, 1.807) is 12.1 Å². The summed E-state index contributed by atoms with van der Waals surface area (Å²) in [6.07, 6.45) is 0.104. The number of Topliss-reactive ketones (excluding diaryl/α,β-unsaturated/α-hetero) is 2. The van der Waals surface area contributed by atoms with Crippen LogP contribution in [0.25, 0.3) is 0 Å². The van der Waals surface area contributed by atoms with Crippen molar-refractivity contribution in [2.45, 2.75) is 19.8 Å². The zero-order valence-corrected chi connectivity index (χ0v) is 11.6.